The average Bonchev–Trinajstić information content (AvgIpc) is 2.12. The molecule has 2 atom stereocenters. The van der Waals surface area contributed by atoms with Gasteiger partial charge in [0.1, 0.15) is 0 Å². The van der Waals surface area contributed by atoms with E-state index in [1.165, 1.54) is 19.3 Å². The molecule has 0 fully saturated rings. The van der Waals surface area contributed by atoms with Gasteiger partial charge in [0.2, 0.25) is 0 Å². The molecule has 2 nitrogen and oxygen atoms in total. The number of nitrogens with one attached hydrogen (secondary N) is 2. The van der Waals surface area contributed by atoms with E-state index in [-0.39, 0.29) is 5.54 Å². The summed E-state index contributed by atoms with van der Waals surface area (Å²) in [5, 5.41) is 6.70. The van der Waals surface area contributed by atoms with E-state index in [1.54, 1.807) is 0 Å². The summed E-state index contributed by atoms with van der Waals surface area (Å²) in [6.45, 7) is 6.75. The highest BCUT2D eigenvalue weighted by Crippen LogP contribution is 2.17. The van der Waals surface area contributed by atoms with Crippen LogP contribution >= 0.6 is 0 Å². The molecule has 0 heterocycles. The number of rotatable bonds is 6. The highest BCUT2D eigenvalue weighted by molar-refractivity contribution is 4.90. The lowest BCUT2D eigenvalue weighted by Gasteiger charge is -2.35. The molecule has 0 saturated carbocycles. The first kappa shape index (κ1) is 11.9. The summed E-state index contributed by atoms with van der Waals surface area (Å²) in [6, 6.07) is 0.522. The molecule has 0 aliphatic rings. The van der Waals surface area contributed by atoms with Gasteiger partial charge in [-0.3, -0.25) is 0 Å². The SMILES string of the molecule is CCCCC(C)(NC)[C@H](C)NC. The van der Waals surface area contributed by atoms with Crippen LogP contribution in [0.5, 0.6) is 0 Å². The summed E-state index contributed by atoms with van der Waals surface area (Å²) < 4.78 is 0. The third-order valence-electron chi connectivity index (χ3n) is 3.01. The van der Waals surface area contributed by atoms with Gasteiger partial charge in [-0.2, -0.15) is 0 Å². The monoisotopic (exact) mass is 172 g/mol. The summed E-state index contributed by atoms with van der Waals surface area (Å²) in [5.74, 6) is 0. The zero-order chi connectivity index (χ0) is 9.61. The standard InChI is InChI=1S/C10H24N2/c1-6-7-8-10(3,12-5)9(2)11-4/h9,11-12H,6-8H2,1-5H3/t9-,10?/m0/s1. The zero-order valence-electron chi connectivity index (χ0n) is 9.20. The molecule has 0 amide bonds. The molecule has 1 unspecified atom stereocenters. The molecule has 0 aromatic rings. The first-order chi connectivity index (χ1) is 5.60. The average molecular weight is 172 g/mol. The van der Waals surface area contributed by atoms with Crippen LogP contribution in [-0.2, 0) is 0 Å². The molecule has 0 rings (SSSR count). The van der Waals surface area contributed by atoms with E-state index in [9.17, 15) is 0 Å². The van der Waals surface area contributed by atoms with Gasteiger partial charge in [-0.25, -0.2) is 0 Å². The molecule has 0 bridgehead atoms. The van der Waals surface area contributed by atoms with Crippen LogP contribution in [0.15, 0.2) is 0 Å². The Hall–Kier alpha value is -0.0800. The van der Waals surface area contributed by atoms with E-state index in [4.69, 9.17) is 0 Å². The Morgan fingerprint density at radius 3 is 2.25 bits per heavy atom. The minimum Gasteiger partial charge on any atom is -0.315 e. The van der Waals surface area contributed by atoms with E-state index >= 15 is 0 Å². The third-order valence-corrected chi connectivity index (χ3v) is 3.01. The number of unbranched alkanes of at least 4 members (excludes halogenated alkanes) is 1. The lowest BCUT2D eigenvalue weighted by atomic mass is 9.88. The van der Waals surface area contributed by atoms with E-state index in [0.717, 1.165) is 0 Å². The van der Waals surface area contributed by atoms with Gasteiger partial charge < -0.3 is 10.6 Å². The maximum absolute atomic E-state index is 3.40. The van der Waals surface area contributed by atoms with Crippen molar-refractivity contribution in [1.82, 2.24) is 10.6 Å². The van der Waals surface area contributed by atoms with E-state index in [1.807, 2.05) is 14.1 Å². The van der Waals surface area contributed by atoms with Crippen molar-refractivity contribution in [2.75, 3.05) is 14.1 Å². The zero-order valence-corrected chi connectivity index (χ0v) is 9.20. The van der Waals surface area contributed by atoms with Gasteiger partial charge in [-0.15, -0.1) is 0 Å². The quantitative estimate of drug-likeness (QED) is 0.638. The minimum atomic E-state index is 0.241. The van der Waals surface area contributed by atoms with Gasteiger partial charge >= 0.3 is 0 Å². The Morgan fingerprint density at radius 1 is 1.33 bits per heavy atom. The van der Waals surface area contributed by atoms with Gasteiger partial charge in [-0.1, -0.05) is 19.8 Å². The van der Waals surface area contributed by atoms with E-state index < -0.39 is 0 Å². The fourth-order valence-corrected chi connectivity index (χ4v) is 1.42. The first-order valence-corrected chi connectivity index (χ1v) is 4.97. The Balaban J connectivity index is 4.03. The first-order valence-electron chi connectivity index (χ1n) is 4.97. The third kappa shape index (κ3) is 3.11. The number of likely N-dealkylation sites (N-methyl/N-ethyl adjacent to an activating group) is 2. The predicted octanol–water partition coefficient (Wildman–Crippen LogP) is 1.76. The molecular formula is C10H24N2. The van der Waals surface area contributed by atoms with Crippen molar-refractivity contribution in [2.24, 2.45) is 0 Å². The number of hydrogen-bond donors (Lipinski definition) is 2. The molecule has 74 valence electrons. The molecule has 0 radical (unpaired) electrons. The summed E-state index contributed by atoms with van der Waals surface area (Å²) in [6.07, 6.45) is 3.80. The normalized spacial score (nSPS) is 18.8. The second-order valence-electron chi connectivity index (χ2n) is 3.78. The Kier molecular flexibility index (Phi) is 5.51. The van der Waals surface area contributed by atoms with Crippen LogP contribution < -0.4 is 10.6 Å². The minimum absolute atomic E-state index is 0.241. The van der Waals surface area contributed by atoms with Crippen LogP contribution in [0, 0.1) is 0 Å². The molecule has 0 spiro atoms. The van der Waals surface area contributed by atoms with Crippen LogP contribution in [-0.4, -0.2) is 25.7 Å². The van der Waals surface area contributed by atoms with Crippen molar-refractivity contribution in [3.63, 3.8) is 0 Å². The van der Waals surface area contributed by atoms with Crippen LogP contribution in [0.4, 0.5) is 0 Å². The molecule has 0 aromatic heterocycles. The van der Waals surface area contributed by atoms with E-state index in [2.05, 4.69) is 31.4 Å². The maximum Gasteiger partial charge on any atom is 0.0301 e. The molecule has 2 heteroatoms. The highest BCUT2D eigenvalue weighted by Gasteiger charge is 2.26. The topological polar surface area (TPSA) is 24.1 Å². The van der Waals surface area contributed by atoms with Crippen molar-refractivity contribution < 1.29 is 0 Å². The Bertz CT molecular complexity index is 114. The van der Waals surface area contributed by atoms with E-state index in [0.29, 0.717) is 6.04 Å². The summed E-state index contributed by atoms with van der Waals surface area (Å²) in [5.41, 5.74) is 0.241. The predicted molar refractivity (Wildman–Crippen MR) is 55.5 cm³/mol. The van der Waals surface area contributed by atoms with Gasteiger partial charge in [0, 0.05) is 11.6 Å². The molecule has 12 heavy (non-hydrogen) atoms. The van der Waals surface area contributed by atoms with Crippen molar-refractivity contribution >= 4 is 0 Å². The van der Waals surface area contributed by atoms with Gasteiger partial charge in [0.15, 0.2) is 0 Å². The van der Waals surface area contributed by atoms with Gasteiger partial charge in [0.25, 0.3) is 0 Å². The highest BCUT2D eigenvalue weighted by atomic mass is 15.0. The summed E-state index contributed by atoms with van der Waals surface area (Å²) in [4.78, 5) is 0. The number of hydrogen-bond acceptors (Lipinski definition) is 2. The fourth-order valence-electron chi connectivity index (χ4n) is 1.42. The summed E-state index contributed by atoms with van der Waals surface area (Å²) >= 11 is 0. The van der Waals surface area contributed by atoms with Crippen molar-refractivity contribution in [1.29, 1.82) is 0 Å². The van der Waals surface area contributed by atoms with Crippen LogP contribution in [0.2, 0.25) is 0 Å². The Labute approximate surface area is 77.1 Å². The van der Waals surface area contributed by atoms with Crippen molar-refractivity contribution in [3.05, 3.63) is 0 Å². The summed E-state index contributed by atoms with van der Waals surface area (Å²) in [7, 11) is 4.07. The fraction of sp³-hybridized carbons (Fsp3) is 1.00. The molecule has 0 aliphatic carbocycles. The smallest absolute Gasteiger partial charge is 0.0301 e. The molecule has 0 aromatic carbocycles. The van der Waals surface area contributed by atoms with Crippen LogP contribution in [0.3, 0.4) is 0 Å². The van der Waals surface area contributed by atoms with Gasteiger partial charge in [0.05, 0.1) is 0 Å². The molecular weight excluding hydrogens is 148 g/mol. The van der Waals surface area contributed by atoms with Gasteiger partial charge in [-0.05, 0) is 34.4 Å². The van der Waals surface area contributed by atoms with Crippen molar-refractivity contribution in [3.8, 4) is 0 Å². The lowest BCUT2D eigenvalue weighted by molar-refractivity contribution is 0.269. The molecule has 0 saturated heterocycles. The largest absolute Gasteiger partial charge is 0.315 e. The second kappa shape index (κ2) is 5.55. The van der Waals surface area contributed by atoms with Crippen molar-refractivity contribution in [2.45, 2.75) is 51.6 Å². The Morgan fingerprint density at radius 2 is 1.92 bits per heavy atom. The maximum atomic E-state index is 3.40. The molecule has 2 N–H and O–H groups in total. The molecule has 0 aliphatic heterocycles. The second-order valence-corrected chi connectivity index (χ2v) is 3.78. The van der Waals surface area contributed by atoms with Crippen LogP contribution in [0.25, 0.3) is 0 Å². The lowest BCUT2D eigenvalue weighted by Crippen LogP contribution is -2.54. The van der Waals surface area contributed by atoms with Crippen LogP contribution in [0.1, 0.15) is 40.0 Å².